The van der Waals surface area contributed by atoms with Crippen LogP contribution < -0.4 is 10.6 Å². The second kappa shape index (κ2) is 6.55. The lowest BCUT2D eigenvalue weighted by molar-refractivity contribution is -0.131. The van der Waals surface area contributed by atoms with Crippen LogP contribution in [-0.2, 0) is 4.79 Å². The molecule has 0 aliphatic carbocycles. The summed E-state index contributed by atoms with van der Waals surface area (Å²) in [6, 6.07) is 0. The molecule has 0 aromatic heterocycles. The van der Waals surface area contributed by atoms with E-state index in [1.165, 1.54) is 0 Å². The molecule has 1 aliphatic heterocycles. The van der Waals surface area contributed by atoms with Gasteiger partial charge in [-0.3, -0.25) is 4.79 Å². The van der Waals surface area contributed by atoms with Crippen molar-refractivity contribution in [3.05, 3.63) is 0 Å². The first-order valence-corrected chi connectivity index (χ1v) is 7.36. The highest BCUT2D eigenvalue weighted by Gasteiger charge is 2.34. The Balaban J connectivity index is 2.48. The Morgan fingerprint density at radius 2 is 1.89 bits per heavy atom. The lowest BCUT2D eigenvalue weighted by atomic mass is 9.81. The van der Waals surface area contributed by atoms with Crippen molar-refractivity contribution in [2.45, 2.75) is 47.5 Å². The summed E-state index contributed by atoms with van der Waals surface area (Å²) in [6.07, 6.45) is 2.10. The van der Waals surface area contributed by atoms with Crippen LogP contribution in [0.5, 0.6) is 0 Å². The van der Waals surface area contributed by atoms with Crippen LogP contribution in [0, 0.1) is 23.2 Å². The van der Waals surface area contributed by atoms with E-state index in [0.29, 0.717) is 17.8 Å². The molecule has 2 N–H and O–H groups in total. The lowest BCUT2D eigenvalue weighted by Crippen LogP contribution is -2.50. The van der Waals surface area contributed by atoms with Crippen molar-refractivity contribution in [1.29, 1.82) is 0 Å². The van der Waals surface area contributed by atoms with Gasteiger partial charge in [0.1, 0.15) is 0 Å². The summed E-state index contributed by atoms with van der Waals surface area (Å²) in [6.45, 7) is 13.7. The van der Waals surface area contributed by atoms with Crippen molar-refractivity contribution < 1.29 is 4.79 Å². The number of carbonyl (C=O) groups is 1. The van der Waals surface area contributed by atoms with Gasteiger partial charge in [0.25, 0.3) is 0 Å². The van der Waals surface area contributed by atoms with Gasteiger partial charge in [-0.25, -0.2) is 0 Å². The lowest BCUT2D eigenvalue weighted by Gasteiger charge is -2.34. The van der Waals surface area contributed by atoms with Crippen molar-refractivity contribution in [3.8, 4) is 0 Å². The summed E-state index contributed by atoms with van der Waals surface area (Å²) < 4.78 is 0. The average Bonchev–Trinajstić information content (AvgIpc) is 2.29. The highest BCUT2D eigenvalue weighted by Crippen LogP contribution is 2.26. The van der Waals surface area contributed by atoms with Crippen LogP contribution >= 0.6 is 0 Å². The maximum atomic E-state index is 12.3. The zero-order chi connectivity index (χ0) is 13.8. The largest absolute Gasteiger partial charge is 0.355 e. The smallest absolute Gasteiger partial charge is 0.227 e. The molecular weight excluding hydrogens is 224 g/mol. The maximum Gasteiger partial charge on any atom is 0.227 e. The second-order valence-corrected chi connectivity index (χ2v) is 6.70. The molecule has 1 rings (SSSR count). The van der Waals surface area contributed by atoms with Crippen LogP contribution in [0.3, 0.4) is 0 Å². The van der Waals surface area contributed by atoms with Crippen molar-refractivity contribution in [3.63, 3.8) is 0 Å². The van der Waals surface area contributed by atoms with Crippen LogP contribution in [0.4, 0.5) is 0 Å². The molecule has 0 aromatic carbocycles. The van der Waals surface area contributed by atoms with Crippen LogP contribution in [0.25, 0.3) is 0 Å². The molecule has 1 amide bonds. The fourth-order valence-electron chi connectivity index (χ4n) is 2.92. The third kappa shape index (κ3) is 3.98. The fraction of sp³-hybridized carbons (Fsp3) is 0.933. The van der Waals surface area contributed by atoms with Crippen LogP contribution in [0.15, 0.2) is 0 Å². The van der Waals surface area contributed by atoms with Crippen LogP contribution in [0.2, 0.25) is 0 Å². The zero-order valence-electron chi connectivity index (χ0n) is 12.7. The highest BCUT2D eigenvalue weighted by molar-refractivity contribution is 5.82. The molecule has 1 fully saturated rings. The molecular formula is C15H30N2O. The molecule has 0 saturated carbocycles. The van der Waals surface area contributed by atoms with Crippen molar-refractivity contribution >= 4 is 5.91 Å². The quantitative estimate of drug-likeness (QED) is 0.791. The summed E-state index contributed by atoms with van der Waals surface area (Å²) in [5, 5.41) is 6.51. The molecule has 1 heterocycles. The third-order valence-corrected chi connectivity index (χ3v) is 4.36. The first-order valence-electron chi connectivity index (χ1n) is 7.36. The van der Waals surface area contributed by atoms with Crippen molar-refractivity contribution in [2.75, 3.05) is 19.6 Å². The van der Waals surface area contributed by atoms with E-state index in [-0.39, 0.29) is 11.3 Å². The van der Waals surface area contributed by atoms with Gasteiger partial charge in [-0.2, -0.15) is 0 Å². The Bertz CT molecular complexity index is 260. The fourth-order valence-corrected chi connectivity index (χ4v) is 2.92. The molecule has 0 bridgehead atoms. The van der Waals surface area contributed by atoms with Gasteiger partial charge in [0.15, 0.2) is 0 Å². The third-order valence-electron chi connectivity index (χ3n) is 4.36. The van der Waals surface area contributed by atoms with Crippen molar-refractivity contribution in [1.82, 2.24) is 10.6 Å². The number of rotatable bonds is 5. The molecule has 1 saturated heterocycles. The number of hydrogen-bond donors (Lipinski definition) is 2. The molecule has 18 heavy (non-hydrogen) atoms. The standard InChI is InChI=1S/C15H30N2O/c1-11(2)13(12(3)4)9-17-14(18)15(5)7-6-8-16-10-15/h11-13,16H,6-10H2,1-5H3,(H,17,18). The van der Waals surface area contributed by atoms with E-state index < -0.39 is 0 Å². The minimum absolute atomic E-state index is 0.212. The molecule has 1 atom stereocenters. The number of carbonyl (C=O) groups excluding carboxylic acids is 1. The highest BCUT2D eigenvalue weighted by atomic mass is 16.2. The molecule has 3 heteroatoms. The summed E-state index contributed by atoms with van der Waals surface area (Å²) in [5.41, 5.74) is -0.212. The molecule has 0 aromatic rings. The first-order chi connectivity index (χ1) is 8.37. The van der Waals surface area contributed by atoms with Gasteiger partial charge in [0.2, 0.25) is 5.91 Å². The van der Waals surface area contributed by atoms with Gasteiger partial charge in [0, 0.05) is 13.1 Å². The van der Waals surface area contributed by atoms with Gasteiger partial charge in [-0.1, -0.05) is 27.7 Å². The first kappa shape index (κ1) is 15.5. The SMILES string of the molecule is CC(C)C(CNC(=O)C1(C)CCCNC1)C(C)C. The van der Waals surface area contributed by atoms with Crippen LogP contribution in [0.1, 0.15) is 47.5 Å². The number of nitrogens with one attached hydrogen (secondary N) is 2. The molecule has 1 aliphatic rings. The van der Waals surface area contributed by atoms with E-state index in [0.717, 1.165) is 32.5 Å². The average molecular weight is 254 g/mol. The van der Waals surface area contributed by atoms with Crippen LogP contribution in [-0.4, -0.2) is 25.5 Å². The Labute approximate surface area is 112 Å². The Kier molecular flexibility index (Phi) is 5.64. The van der Waals surface area contributed by atoms with E-state index >= 15 is 0 Å². The van der Waals surface area contributed by atoms with Gasteiger partial charge < -0.3 is 10.6 Å². The normalized spacial score (nSPS) is 24.9. The molecule has 1 unspecified atom stereocenters. The van der Waals surface area contributed by atoms with E-state index in [4.69, 9.17) is 0 Å². The Morgan fingerprint density at radius 3 is 2.33 bits per heavy atom. The minimum atomic E-state index is -0.212. The minimum Gasteiger partial charge on any atom is -0.355 e. The summed E-state index contributed by atoms with van der Waals surface area (Å²) >= 11 is 0. The van der Waals surface area contributed by atoms with Gasteiger partial charge in [-0.15, -0.1) is 0 Å². The Hall–Kier alpha value is -0.570. The van der Waals surface area contributed by atoms with E-state index in [1.54, 1.807) is 0 Å². The molecule has 0 spiro atoms. The number of piperidine rings is 1. The topological polar surface area (TPSA) is 41.1 Å². The monoisotopic (exact) mass is 254 g/mol. The molecule has 106 valence electrons. The summed E-state index contributed by atoms with van der Waals surface area (Å²) in [4.78, 5) is 12.3. The number of amides is 1. The summed E-state index contributed by atoms with van der Waals surface area (Å²) in [5.74, 6) is 2.01. The van der Waals surface area contributed by atoms with E-state index in [2.05, 4.69) is 45.3 Å². The zero-order valence-corrected chi connectivity index (χ0v) is 12.7. The predicted molar refractivity (Wildman–Crippen MR) is 76.4 cm³/mol. The summed E-state index contributed by atoms with van der Waals surface area (Å²) in [7, 11) is 0. The van der Waals surface area contributed by atoms with Gasteiger partial charge >= 0.3 is 0 Å². The maximum absolute atomic E-state index is 12.3. The van der Waals surface area contributed by atoms with Crippen molar-refractivity contribution in [2.24, 2.45) is 23.2 Å². The second-order valence-electron chi connectivity index (χ2n) is 6.70. The van der Waals surface area contributed by atoms with E-state index in [1.807, 2.05) is 0 Å². The van der Waals surface area contributed by atoms with Gasteiger partial charge in [0.05, 0.1) is 5.41 Å². The molecule has 0 radical (unpaired) electrons. The van der Waals surface area contributed by atoms with E-state index in [9.17, 15) is 4.79 Å². The predicted octanol–water partition coefficient (Wildman–Crippen LogP) is 2.42. The molecule has 3 nitrogen and oxygen atoms in total. The van der Waals surface area contributed by atoms with Gasteiger partial charge in [-0.05, 0) is 44.1 Å². The Morgan fingerprint density at radius 1 is 1.28 bits per heavy atom. The number of hydrogen-bond acceptors (Lipinski definition) is 2.